The minimum absolute atomic E-state index is 0.196. The van der Waals surface area contributed by atoms with Crippen LogP contribution in [0.2, 0.25) is 0 Å². The van der Waals surface area contributed by atoms with Crippen molar-refractivity contribution in [2.45, 2.75) is 32.0 Å². The van der Waals surface area contributed by atoms with Crippen LogP contribution in [0.25, 0.3) is 0 Å². The van der Waals surface area contributed by atoms with Gasteiger partial charge in [0.15, 0.2) is 12.4 Å². The number of amidine groups is 1. The van der Waals surface area contributed by atoms with E-state index in [9.17, 15) is 4.39 Å². The molecule has 1 fully saturated rings. The van der Waals surface area contributed by atoms with E-state index in [1.54, 1.807) is 0 Å². The van der Waals surface area contributed by atoms with Crippen LogP contribution in [-0.4, -0.2) is 35.5 Å². The molecule has 0 unspecified atom stereocenters. The van der Waals surface area contributed by atoms with E-state index in [2.05, 4.69) is 14.5 Å². The van der Waals surface area contributed by atoms with Gasteiger partial charge >= 0.3 is 0 Å². The Bertz CT molecular complexity index is 444. The van der Waals surface area contributed by atoms with Crippen molar-refractivity contribution in [1.29, 1.82) is 0 Å². The van der Waals surface area contributed by atoms with Crippen molar-refractivity contribution >= 4 is 22.5 Å². The van der Waals surface area contributed by atoms with Crippen molar-refractivity contribution in [2.24, 2.45) is 16.8 Å². The van der Waals surface area contributed by atoms with Gasteiger partial charge in [0.25, 0.3) is 0 Å². The molecule has 8 heteroatoms. The minimum atomic E-state index is -0.664. The van der Waals surface area contributed by atoms with Crippen molar-refractivity contribution in [3.05, 3.63) is 5.82 Å². The molecule has 106 valence electrons. The van der Waals surface area contributed by atoms with Crippen molar-refractivity contribution in [3.8, 4) is 0 Å². The van der Waals surface area contributed by atoms with E-state index in [1.165, 1.54) is 11.5 Å². The van der Waals surface area contributed by atoms with Gasteiger partial charge in [0, 0.05) is 32.0 Å². The van der Waals surface area contributed by atoms with E-state index in [1.807, 2.05) is 19.0 Å². The van der Waals surface area contributed by atoms with E-state index in [0.717, 1.165) is 5.13 Å². The highest BCUT2D eigenvalue weighted by molar-refractivity contribution is 7.09. The van der Waals surface area contributed by atoms with E-state index in [-0.39, 0.29) is 6.61 Å². The van der Waals surface area contributed by atoms with Gasteiger partial charge in [-0.1, -0.05) is 5.16 Å². The van der Waals surface area contributed by atoms with Crippen LogP contribution in [0.3, 0.4) is 0 Å². The molecule has 0 amide bonds. The van der Waals surface area contributed by atoms with Crippen molar-refractivity contribution in [3.63, 3.8) is 0 Å². The summed E-state index contributed by atoms with van der Waals surface area (Å²) in [4.78, 5) is 11.2. The van der Waals surface area contributed by atoms with Gasteiger partial charge in [0.05, 0.1) is 0 Å². The molecule has 1 aliphatic rings. The first-order valence-electron chi connectivity index (χ1n) is 6.13. The number of oxime groups is 1. The highest BCUT2D eigenvalue weighted by Crippen LogP contribution is 2.32. The first-order chi connectivity index (χ1) is 9.04. The maximum absolute atomic E-state index is 12.6. The Hall–Kier alpha value is -1.44. The van der Waals surface area contributed by atoms with Gasteiger partial charge < -0.3 is 15.5 Å². The quantitative estimate of drug-likeness (QED) is 0.488. The fraction of sp³-hybridized carbons (Fsp3) is 0.727. The zero-order chi connectivity index (χ0) is 13.8. The summed E-state index contributed by atoms with van der Waals surface area (Å²) in [5.41, 5.74) is 5.70. The van der Waals surface area contributed by atoms with Gasteiger partial charge in [-0.25, -0.2) is 4.39 Å². The molecule has 6 nitrogen and oxygen atoms in total. The van der Waals surface area contributed by atoms with Gasteiger partial charge in [-0.05, 0) is 18.8 Å². The third-order valence-corrected chi connectivity index (χ3v) is 3.81. The van der Waals surface area contributed by atoms with Gasteiger partial charge in [0.1, 0.15) is 12.0 Å². The maximum Gasteiger partial charge on any atom is 0.204 e. The molecule has 2 N–H and O–H groups in total. The Labute approximate surface area is 115 Å². The van der Waals surface area contributed by atoms with Gasteiger partial charge in [-0.15, -0.1) is 0 Å². The molecule has 1 saturated carbocycles. The number of alkyl halides is 1. The van der Waals surface area contributed by atoms with Crippen molar-refractivity contribution < 1.29 is 9.23 Å². The third kappa shape index (κ3) is 4.02. The number of nitrogens with zero attached hydrogens (tertiary/aromatic N) is 4. The molecule has 0 aliphatic heterocycles. The normalized spacial score (nSPS) is 23.0. The predicted octanol–water partition coefficient (Wildman–Crippen LogP) is 1.53. The van der Waals surface area contributed by atoms with E-state index in [4.69, 9.17) is 10.6 Å². The molecule has 0 aromatic carbocycles. The number of hydrogen-bond donors (Lipinski definition) is 1. The lowest BCUT2D eigenvalue weighted by atomic mass is 9.81. The molecule has 0 radical (unpaired) electrons. The first-order valence-corrected chi connectivity index (χ1v) is 6.90. The molecule has 1 heterocycles. The first kappa shape index (κ1) is 14.0. The van der Waals surface area contributed by atoms with Crippen LogP contribution in [0.5, 0.6) is 0 Å². The summed E-state index contributed by atoms with van der Waals surface area (Å²) in [6, 6.07) is 0. The van der Waals surface area contributed by atoms with Gasteiger partial charge in [-0.2, -0.15) is 9.36 Å². The van der Waals surface area contributed by atoms with Crippen LogP contribution >= 0.6 is 11.5 Å². The Morgan fingerprint density at radius 3 is 2.89 bits per heavy atom. The summed E-state index contributed by atoms with van der Waals surface area (Å²) < 4.78 is 16.8. The lowest BCUT2D eigenvalue weighted by Crippen LogP contribution is -2.29. The fourth-order valence-electron chi connectivity index (χ4n) is 1.81. The van der Waals surface area contributed by atoms with Crippen LogP contribution in [0, 0.1) is 5.92 Å². The monoisotopic (exact) mass is 287 g/mol. The molecule has 1 aliphatic carbocycles. The zero-order valence-corrected chi connectivity index (χ0v) is 11.9. The number of halogens is 1. The third-order valence-electron chi connectivity index (χ3n) is 2.89. The Kier molecular flexibility index (Phi) is 4.52. The molecule has 1 aromatic heterocycles. The standard InChI is InChI=1S/C11H18FN5OS/c1-17(2)11-14-10(16-19-11)6-18-15-9(13)5-7-3-8(12)4-7/h7-8H,3-6H2,1-2H3,(H2,13,15). The van der Waals surface area contributed by atoms with Gasteiger partial charge in [0.2, 0.25) is 5.13 Å². The van der Waals surface area contributed by atoms with Crippen LogP contribution in [0.1, 0.15) is 25.1 Å². The topological polar surface area (TPSA) is 76.6 Å². The molecular weight excluding hydrogens is 269 g/mol. The summed E-state index contributed by atoms with van der Waals surface area (Å²) in [5.74, 6) is 1.29. The molecule has 0 saturated heterocycles. The molecular formula is C11H18FN5OS. The highest BCUT2D eigenvalue weighted by atomic mass is 32.1. The SMILES string of the molecule is CN(C)c1nc(CO/N=C(\N)CC2CC(F)C2)ns1. The minimum Gasteiger partial charge on any atom is -0.386 e. The second kappa shape index (κ2) is 6.14. The molecule has 1 aromatic rings. The number of rotatable bonds is 6. The summed E-state index contributed by atoms with van der Waals surface area (Å²) >= 11 is 1.30. The summed E-state index contributed by atoms with van der Waals surface area (Å²) in [5, 5.41) is 4.62. The summed E-state index contributed by atoms with van der Waals surface area (Å²) in [7, 11) is 3.80. The number of hydrogen-bond acceptors (Lipinski definition) is 6. The average Bonchev–Trinajstić information content (AvgIpc) is 2.76. The molecule has 0 bridgehead atoms. The van der Waals surface area contributed by atoms with E-state index in [0.29, 0.717) is 36.8 Å². The molecule has 0 spiro atoms. The summed E-state index contributed by atoms with van der Waals surface area (Å²) in [6.45, 7) is 0.196. The van der Waals surface area contributed by atoms with Crippen LogP contribution in [0.4, 0.5) is 9.52 Å². The largest absolute Gasteiger partial charge is 0.386 e. The zero-order valence-electron chi connectivity index (χ0n) is 11.0. The van der Waals surface area contributed by atoms with Crippen LogP contribution < -0.4 is 10.6 Å². The fourth-order valence-corrected chi connectivity index (χ4v) is 2.40. The Balaban J connectivity index is 1.72. The summed E-state index contributed by atoms with van der Waals surface area (Å²) in [6.07, 6.45) is 1.09. The number of anilines is 1. The van der Waals surface area contributed by atoms with E-state index >= 15 is 0 Å². The van der Waals surface area contributed by atoms with Crippen LogP contribution in [0.15, 0.2) is 5.16 Å². The number of aromatic nitrogens is 2. The van der Waals surface area contributed by atoms with Crippen molar-refractivity contribution in [1.82, 2.24) is 9.36 Å². The Morgan fingerprint density at radius 2 is 2.32 bits per heavy atom. The second-order valence-corrected chi connectivity index (χ2v) is 5.61. The maximum atomic E-state index is 12.6. The van der Waals surface area contributed by atoms with Gasteiger partial charge in [-0.3, -0.25) is 0 Å². The predicted molar refractivity (Wildman–Crippen MR) is 72.9 cm³/mol. The average molecular weight is 287 g/mol. The lowest BCUT2D eigenvalue weighted by molar-refractivity contribution is 0.117. The Morgan fingerprint density at radius 1 is 1.58 bits per heavy atom. The highest BCUT2D eigenvalue weighted by Gasteiger charge is 2.29. The second-order valence-electron chi connectivity index (χ2n) is 4.88. The van der Waals surface area contributed by atoms with Crippen molar-refractivity contribution in [2.75, 3.05) is 19.0 Å². The molecule has 2 rings (SSSR count). The lowest BCUT2D eigenvalue weighted by Gasteiger charge is -2.28. The van der Waals surface area contributed by atoms with E-state index < -0.39 is 6.17 Å². The number of nitrogens with two attached hydrogens (primary N) is 1. The smallest absolute Gasteiger partial charge is 0.204 e. The van der Waals surface area contributed by atoms with Crippen LogP contribution in [-0.2, 0) is 11.4 Å². The molecule has 0 atom stereocenters. The molecule has 19 heavy (non-hydrogen) atoms.